The molecule has 7 rings (SSSR count). The minimum Gasteiger partial charge on any atom is -0.393 e. The Morgan fingerprint density at radius 1 is 1.07 bits per heavy atom. The highest BCUT2D eigenvalue weighted by Crippen LogP contribution is 2.49. The topological polar surface area (TPSA) is 172 Å². The summed E-state index contributed by atoms with van der Waals surface area (Å²) < 4.78 is 2.20. The van der Waals surface area contributed by atoms with E-state index in [1.165, 1.54) is 11.8 Å². The van der Waals surface area contributed by atoms with Gasteiger partial charge in [0.25, 0.3) is 5.91 Å². The summed E-state index contributed by atoms with van der Waals surface area (Å²) in [7, 11) is 2.09. The van der Waals surface area contributed by atoms with E-state index in [0.717, 1.165) is 79.9 Å². The normalized spacial score (nSPS) is 20.3. The highest BCUT2D eigenvalue weighted by atomic mass is 16.2. The van der Waals surface area contributed by atoms with Crippen LogP contribution in [0.4, 0.5) is 11.4 Å². The van der Waals surface area contributed by atoms with Crippen molar-refractivity contribution in [1.82, 2.24) is 35.5 Å². The number of carbonyl (C=O) groups excluding carboxylic acids is 2. The first-order valence-electron chi connectivity index (χ1n) is 16.1. The van der Waals surface area contributed by atoms with Crippen LogP contribution in [-0.4, -0.2) is 62.9 Å². The Hall–Kier alpha value is -4.91. The molecule has 4 aliphatic rings. The number of allylic oxidation sites excluding steroid dienone is 1. The third kappa shape index (κ3) is 5.89. The maximum atomic E-state index is 13.1. The van der Waals surface area contributed by atoms with Gasteiger partial charge in [0.05, 0.1) is 46.7 Å². The molecule has 2 amide bonds. The van der Waals surface area contributed by atoms with Crippen molar-refractivity contribution in [3.05, 3.63) is 77.4 Å². The lowest BCUT2D eigenvalue weighted by Crippen LogP contribution is -2.48. The van der Waals surface area contributed by atoms with Gasteiger partial charge in [0, 0.05) is 62.0 Å². The van der Waals surface area contributed by atoms with E-state index >= 15 is 0 Å². The Morgan fingerprint density at radius 3 is 2.57 bits per heavy atom. The molecule has 2 aromatic heterocycles. The van der Waals surface area contributed by atoms with E-state index < -0.39 is 0 Å². The number of aromatic nitrogens is 4. The first kappa shape index (κ1) is 29.8. The van der Waals surface area contributed by atoms with Gasteiger partial charge in [0.2, 0.25) is 5.91 Å². The molecule has 0 spiro atoms. The minimum atomic E-state index is -0.371. The minimum absolute atomic E-state index is 0.00292. The Balaban J connectivity index is 1.18. The van der Waals surface area contributed by atoms with E-state index in [9.17, 15) is 9.59 Å². The Morgan fingerprint density at radius 2 is 1.87 bits per heavy atom. The summed E-state index contributed by atoms with van der Waals surface area (Å²) in [4.78, 5) is 30.1. The van der Waals surface area contributed by atoms with Gasteiger partial charge in [-0.2, -0.15) is 15.3 Å². The second-order valence-corrected chi connectivity index (χ2v) is 12.8. The Labute approximate surface area is 268 Å². The lowest BCUT2D eigenvalue weighted by molar-refractivity contribution is -0.121. The van der Waals surface area contributed by atoms with Crippen molar-refractivity contribution in [3.8, 4) is 11.1 Å². The van der Waals surface area contributed by atoms with E-state index in [-0.39, 0.29) is 47.4 Å². The largest absolute Gasteiger partial charge is 0.393 e. The second kappa shape index (κ2) is 12.1. The van der Waals surface area contributed by atoms with Crippen molar-refractivity contribution >= 4 is 23.2 Å². The van der Waals surface area contributed by atoms with Gasteiger partial charge in [-0.3, -0.25) is 19.2 Å². The molecule has 1 saturated heterocycles. The van der Waals surface area contributed by atoms with E-state index in [1.54, 1.807) is 6.20 Å². The number of hydrogen-bond donors (Lipinski definition) is 5. The molecule has 1 aromatic carbocycles. The van der Waals surface area contributed by atoms with Crippen molar-refractivity contribution in [2.75, 3.05) is 30.4 Å². The number of benzene rings is 1. The van der Waals surface area contributed by atoms with Gasteiger partial charge in [-0.25, -0.2) is 0 Å². The molecule has 2 aliphatic heterocycles. The maximum Gasteiger partial charge on any atom is 0.269 e. The highest BCUT2D eigenvalue weighted by molar-refractivity contribution is 5.96. The molecule has 0 radical (unpaired) electrons. The van der Waals surface area contributed by atoms with E-state index in [2.05, 4.69) is 60.7 Å². The number of likely N-dealkylation sites (tertiary alicyclic amines) is 1. The molecule has 0 bridgehead atoms. The van der Waals surface area contributed by atoms with Crippen molar-refractivity contribution in [2.24, 2.45) is 17.4 Å². The summed E-state index contributed by atoms with van der Waals surface area (Å²) in [5, 5.41) is 22.3. The van der Waals surface area contributed by atoms with E-state index in [1.807, 2.05) is 30.5 Å². The van der Waals surface area contributed by atoms with Crippen LogP contribution >= 0.6 is 0 Å². The number of nitrogens with one attached hydrogen (secondary N) is 3. The fourth-order valence-corrected chi connectivity index (χ4v) is 6.44. The van der Waals surface area contributed by atoms with Gasteiger partial charge in [-0.15, -0.1) is 0 Å². The van der Waals surface area contributed by atoms with E-state index in [4.69, 9.17) is 16.6 Å². The van der Waals surface area contributed by atoms with Crippen LogP contribution in [0.1, 0.15) is 62.5 Å². The molecule has 7 N–H and O–H groups in total. The van der Waals surface area contributed by atoms with Gasteiger partial charge in [-0.1, -0.05) is 19.1 Å². The molecule has 240 valence electrons. The van der Waals surface area contributed by atoms with Crippen LogP contribution in [0.5, 0.6) is 0 Å². The Kier molecular flexibility index (Phi) is 7.85. The van der Waals surface area contributed by atoms with Gasteiger partial charge < -0.3 is 32.3 Å². The van der Waals surface area contributed by atoms with Gasteiger partial charge in [0.1, 0.15) is 11.5 Å². The van der Waals surface area contributed by atoms with Crippen molar-refractivity contribution in [1.29, 1.82) is 0 Å². The predicted molar refractivity (Wildman–Crippen MR) is 175 cm³/mol. The van der Waals surface area contributed by atoms with Crippen LogP contribution in [-0.2, 0) is 16.1 Å². The van der Waals surface area contributed by atoms with E-state index in [0.29, 0.717) is 5.70 Å². The third-order valence-corrected chi connectivity index (χ3v) is 9.21. The molecule has 2 saturated carbocycles. The quantitative estimate of drug-likeness (QED) is 0.158. The smallest absolute Gasteiger partial charge is 0.269 e. The molecule has 4 heterocycles. The lowest BCUT2D eigenvalue weighted by atomic mass is 9.91. The molecule has 46 heavy (non-hydrogen) atoms. The van der Waals surface area contributed by atoms with Gasteiger partial charge >= 0.3 is 0 Å². The number of nitrogens with zero attached hydrogens (tertiary/aromatic N) is 6. The fraction of sp³-hybridized carbons (Fsp3) is 0.424. The molecule has 2 aliphatic carbocycles. The van der Waals surface area contributed by atoms with Crippen LogP contribution in [0.3, 0.4) is 0 Å². The first-order chi connectivity index (χ1) is 22.3. The standard InChI is InChI=1S/C33H41N11O2/c1-3-27-31-24(15-37-44(31)22-17-43(18-22)16-21-6-5-13-36-41-21)23-7-4-8-25(30(23)42(27)2)39-26(29(35)33(46)38-20-11-12-20)14-28(34)40-32(45)19-9-10-19/h4-8,13-15,19-20,22,27,39H,3,9-12,16-18,34-35H2,1-2H3,(H,38,46)(H,40,45)/b28-14+,29-26+. The number of amides is 2. The van der Waals surface area contributed by atoms with Crippen LogP contribution in [0.2, 0.25) is 0 Å². The summed E-state index contributed by atoms with van der Waals surface area (Å²) in [6, 6.07) is 10.4. The molecular formula is C33H41N11O2. The van der Waals surface area contributed by atoms with Crippen molar-refractivity contribution < 1.29 is 9.59 Å². The average Bonchev–Trinajstić information content (AvgIpc) is 3.97. The summed E-state index contributed by atoms with van der Waals surface area (Å²) in [5.41, 5.74) is 19.1. The Bertz CT molecular complexity index is 1700. The molecule has 1 unspecified atom stereocenters. The average molecular weight is 624 g/mol. The summed E-state index contributed by atoms with van der Waals surface area (Å²) in [6.07, 6.45) is 9.65. The van der Waals surface area contributed by atoms with Crippen LogP contribution < -0.4 is 32.3 Å². The van der Waals surface area contributed by atoms with Gasteiger partial charge in [-0.05, 0) is 50.3 Å². The van der Waals surface area contributed by atoms with Gasteiger partial charge in [0.15, 0.2) is 0 Å². The summed E-state index contributed by atoms with van der Waals surface area (Å²) in [5.74, 6) is -0.377. The fourth-order valence-electron chi connectivity index (χ4n) is 6.44. The molecule has 13 nitrogen and oxygen atoms in total. The number of rotatable bonds is 11. The molecule has 3 aromatic rings. The van der Waals surface area contributed by atoms with Crippen molar-refractivity contribution in [2.45, 2.75) is 63.7 Å². The second-order valence-electron chi connectivity index (χ2n) is 12.8. The van der Waals surface area contributed by atoms with Crippen LogP contribution in [0.25, 0.3) is 11.1 Å². The molecular weight excluding hydrogens is 582 g/mol. The predicted octanol–water partition coefficient (Wildman–Crippen LogP) is 2.49. The zero-order chi connectivity index (χ0) is 31.9. The SMILES string of the molecule is CCC1c2c(cnn2C2CN(Cc3cccnn3)C2)-c2cccc(NC(/C=C(\N)NC(=O)C3CC3)=C(/N)C(=O)NC3CC3)c2N1C. The number of hydrogen-bond acceptors (Lipinski definition) is 10. The van der Waals surface area contributed by atoms with Crippen LogP contribution in [0.15, 0.2) is 66.0 Å². The molecule has 3 fully saturated rings. The first-order valence-corrected chi connectivity index (χ1v) is 16.1. The van der Waals surface area contributed by atoms with Crippen LogP contribution in [0, 0.1) is 5.92 Å². The molecule has 1 atom stereocenters. The number of fused-ring (bicyclic) bond motifs is 3. The zero-order valence-corrected chi connectivity index (χ0v) is 26.2. The summed E-state index contributed by atoms with van der Waals surface area (Å²) in [6.45, 7) is 4.73. The lowest BCUT2D eigenvalue weighted by Gasteiger charge is -2.43. The number of anilines is 2. The van der Waals surface area contributed by atoms with Crippen molar-refractivity contribution in [3.63, 3.8) is 0 Å². The molecule has 13 heteroatoms. The highest BCUT2D eigenvalue weighted by Gasteiger charge is 2.38. The maximum absolute atomic E-state index is 13.1. The third-order valence-electron chi connectivity index (χ3n) is 9.21. The monoisotopic (exact) mass is 623 g/mol. The number of carbonyl (C=O) groups is 2. The summed E-state index contributed by atoms with van der Waals surface area (Å²) >= 11 is 0. The number of para-hydroxylation sites is 1. The number of nitrogens with two attached hydrogens (primary N) is 2. The zero-order valence-electron chi connectivity index (χ0n) is 26.2.